The summed E-state index contributed by atoms with van der Waals surface area (Å²) in [6.45, 7) is -0.540. The van der Waals surface area contributed by atoms with Crippen molar-refractivity contribution in [1.82, 2.24) is 31.1 Å². The number of phenolic OH excluding ortho intramolecular Hbond substituents is 1. The van der Waals surface area contributed by atoms with Crippen LogP contribution in [-0.2, 0) is 50.4 Å². The number of aliphatic hydroxyl groups excluding tert-OH is 6. The Balaban J connectivity index is 1.82. The molecule has 16 N–H and O–H groups in total. The van der Waals surface area contributed by atoms with Crippen LogP contribution in [0.25, 0.3) is 0 Å². The van der Waals surface area contributed by atoms with Crippen LogP contribution in [0.4, 0.5) is 0 Å². The van der Waals surface area contributed by atoms with Gasteiger partial charge in [-0.05, 0) is 30.5 Å². The van der Waals surface area contributed by atoms with Crippen LogP contribution in [0.2, 0.25) is 0 Å². The van der Waals surface area contributed by atoms with Gasteiger partial charge in [0.1, 0.15) is 36.4 Å². The molecular formula is C34H50N8O18S. The maximum Gasteiger partial charge on any atom is 0.446 e. The molecule has 3 aliphatic rings. The zero-order valence-corrected chi connectivity index (χ0v) is 33.3. The molecule has 4 rings (SSSR count). The first kappa shape index (κ1) is 48.4. The fourth-order valence-corrected chi connectivity index (χ4v) is 7.55. The van der Waals surface area contributed by atoms with Crippen molar-refractivity contribution in [2.45, 2.75) is 106 Å². The normalized spacial score (nSPS) is 31.1. The average molecular weight is 891 g/mol. The second-order valence-electron chi connectivity index (χ2n) is 15.0. The number of fused-ring (bicyclic) bond motifs is 2. The van der Waals surface area contributed by atoms with Crippen LogP contribution < -0.4 is 36.9 Å². The summed E-state index contributed by atoms with van der Waals surface area (Å²) in [5.41, 5.74) is 11.1. The number of benzene rings is 1. The van der Waals surface area contributed by atoms with Gasteiger partial charge in [-0.3, -0.25) is 38.1 Å². The van der Waals surface area contributed by atoms with Crippen molar-refractivity contribution in [3.63, 3.8) is 0 Å². The fourth-order valence-electron chi connectivity index (χ4n) is 7.19. The zero-order chi connectivity index (χ0) is 45.7. The summed E-state index contributed by atoms with van der Waals surface area (Å²) in [6.07, 6.45) is -12.0. The molecule has 0 aromatic heterocycles. The number of hydrogen-bond acceptors (Lipinski definition) is 18. The van der Waals surface area contributed by atoms with Gasteiger partial charge in [0.15, 0.2) is 11.5 Å². The Labute approximate surface area is 347 Å². The van der Waals surface area contributed by atoms with Gasteiger partial charge in [0.05, 0.1) is 43.5 Å². The standard InChI is InChI=1S/C34H50N8O18S/c1-13-10-42-27(28(13)50)32(54)38-24(49)5-3-16(35)29(51)37-17(12-43)33(55)41-11-15(44)8-18(41)30(52)39-25(31(53)40-26(34(42)56)21(47)9-23(36)48)20(46)6-14-2-4-19(45)22(7-14)60-61(57,58)59/h2,4,7,13,15-18,20-21,24-28,43-47,49-50H,3,5-6,8-12,35H2,1H3,(H2,36,48)(H,37,51)(H,38,54)(H,39,52)(H,40,53)(H,57,58,59). The molecule has 0 spiro atoms. The van der Waals surface area contributed by atoms with Crippen molar-refractivity contribution in [3.05, 3.63) is 23.8 Å². The maximum absolute atomic E-state index is 14.2. The quantitative estimate of drug-likeness (QED) is 0.102. The molecule has 340 valence electrons. The summed E-state index contributed by atoms with van der Waals surface area (Å²) in [4.78, 5) is 96.0. The zero-order valence-electron chi connectivity index (χ0n) is 32.4. The van der Waals surface area contributed by atoms with E-state index in [2.05, 4.69) is 25.5 Å². The molecule has 61 heavy (non-hydrogen) atoms. The molecule has 3 heterocycles. The predicted octanol–water partition coefficient (Wildman–Crippen LogP) is -8.11. The molecular weight excluding hydrogens is 840 g/mol. The fraction of sp³-hybridized carbons (Fsp3) is 0.618. The van der Waals surface area contributed by atoms with Gasteiger partial charge in [-0.1, -0.05) is 13.0 Å². The third-order valence-electron chi connectivity index (χ3n) is 10.3. The summed E-state index contributed by atoms with van der Waals surface area (Å²) >= 11 is 0. The monoisotopic (exact) mass is 890 g/mol. The number of amides is 7. The summed E-state index contributed by atoms with van der Waals surface area (Å²) in [5, 5.41) is 83.7. The van der Waals surface area contributed by atoms with Crippen molar-refractivity contribution in [1.29, 1.82) is 0 Å². The highest BCUT2D eigenvalue weighted by atomic mass is 32.3. The van der Waals surface area contributed by atoms with Crippen LogP contribution in [0, 0.1) is 5.92 Å². The van der Waals surface area contributed by atoms with Crippen LogP contribution in [0.15, 0.2) is 18.2 Å². The lowest BCUT2D eigenvalue weighted by Crippen LogP contribution is -2.64. The summed E-state index contributed by atoms with van der Waals surface area (Å²) in [6, 6.07) is -8.30. The Morgan fingerprint density at radius 2 is 1.54 bits per heavy atom. The van der Waals surface area contributed by atoms with Crippen LogP contribution in [0.5, 0.6) is 11.5 Å². The number of rotatable bonds is 9. The number of hydrogen-bond donors (Lipinski definition) is 14. The number of aromatic hydroxyl groups is 1. The predicted molar refractivity (Wildman–Crippen MR) is 201 cm³/mol. The Morgan fingerprint density at radius 3 is 2.16 bits per heavy atom. The molecule has 12 atom stereocenters. The van der Waals surface area contributed by atoms with Gasteiger partial charge in [0.25, 0.3) is 0 Å². The minimum atomic E-state index is -5.19. The Bertz CT molecular complexity index is 1960. The molecule has 1 aromatic rings. The van der Waals surface area contributed by atoms with E-state index in [-0.39, 0.29) is 12.0 Å². The number of carbonyl (C=O) groups is 7. The molecule has 0 saturated carbocycles. The lowest BCUT2D eigenvalue weighted by Gasteiger charge is -2.33. The van der Waals surface area contributed by atoms with Gasteiger partial charge in [-0.25, -0.2) is 0 Å². The van der Waals surface area contributed by atoms with Crippen LogP contribution >= 0.6 is 0 Å². The third-order valence-corrected chi connectivity index (χ3v) is 10.7. The Hall–Kier alpha value is -5.26. The SMILES string of the molecule is CC1CN2C(=O)C(C(O)CC(N)=O)NC(=O)C(C(O)Cc3ccc(O)c(OS(=O)(=O)O)c3)NC(=O)C3CC(O)CN3C(=O)C(CO)NC(=O)C(N)CCC(O)NC(=O)C2C1O. The van der Waals surface area contributed by atoms with E-state index < -0.39 is 181 Å². The highest BCUT2D eigenvalue weighted by Crippen LogP contribution is 2.29. The van der Waals surface area contributed by atoms with Crippen LogP contribution in [0.1, 0.15) is 38.2 Å². The number of nitrogens with one attached hydrogen (secondary N) is 4. The van der Waals surface area contributed by atoms with Crippen molar-refractivity contribution in [2.75, 3.05) is 19.7 Å². The molecule has 3 aliphatic heterocycles. The summed E-state index contributed by atoms with van der Waals surface area (Å²) < 4.78 is 36.1. The molecule has 1 aromatic carbocycles. The number of primary amides is 1. The Kier molecular flexibility index (Phi) is 15.9. The second kappa shape index (κ2) is 20.1. The molecule has 3 fully saturated rings. The van der Waals surface area contributed by atoms with Crippen LogP contribution in [-0.4, -0.2) is 186 Å². The Morgan fingerprint density at radius 1 is 0.885 bits per heavy atom. The van der Waals surface area contributed by atoms with Gasteiger partial charge in [-0.15, -0.1) is 0 Å². The van der Waals surface area contributed by atoms with Gasteiger partial charge >= 0.3 is 10.4 Å². The number of nitrogens with zero attached hydrogens (tertiary/aromatic N) is 2. The number of phenols is 1. The van der Waals surface area contributed by atoms with Crippen molar-refractivity contribution in [2.24, 2.45) is 17.4 Å². The second-order valence-corrected chi connectivity index (χ2v) is 16.1. The first-order chi connectivity index (χ1) is 28.4. The third kappa shape index (κ3) is 12.2. The minimum Gasteiger partial charge on any atom is -0.504 e. The lowest BCUT2D eigenvalue weighted by molar-refractivity contribution is -0.148. The van der Waals surface area contributed by atoms with E-state index in [1.165, 1.54) is 6.92 Å². The highest BCUT2D eigenvalue weighted by Gasteiger charge is 2.49. The lowest BCUT2D eigenvalue weighted by atomic mass is 9.98. The molecule has 27 heteroatoms. The van der Waals surface area contributed by atoms with E-state index >= 15 is 0 Å². The van der Waals surface area contributed by atoms with Crippen molar-refractivity contribution in [3.8, 4) is 11.5 Å². The van der Waals surface area contributed by atoms with Gasteiger partial charge in [0.2, 0.25) is 41.4 Å². The van der Waals surface area contributed by atoms with E-state index in [0.717, 1.165) is 28.0 Å². The topological polar surface area (TPSA) is 431 Å². The molecule has 0 radical (unpaired) electrons. The van der Waals surface area contributed by atoms with E-state index in [1.54, 1.807) is 0 Å². The molecule has 7 amide bonds. The number of carbonyl (C=O) groups excluding carboxylic acids is 7. The average Bonchev–Trinajstić information content (AvgIpc) is 3.71. The first-order valence-corrected chi connectivity index (χ1v) is 20.1. The maximum atomic E-state index is 14.2. The minimum absolute atomic E-state index is 0.112. The smallest absolute Gasteiger partial charge is 0.446 e. The largest absolute Gasteiger partial charge is 0.504 e. The van der Waals surface area contributed by atoms with Gasteiger partial charge < -0.3 is 82.5 Å². The number of nitrogens with two attached hydrogens (primary N) is 2. The van der Waals surface area contributed by atoms with Crippen molar-refractivity contribution < 1.29 is 86.5 Å². The molecule has 26 nitrogen and oxygen atoms in total. The molecule has 3 saturated heterocycles. The van der Waals surface area contributed by atoms with E-state index in [9.17, 15) is 77.7 Å². The summed E-state index contributed by atoms with van der Waals surface area (Å²) in [7, 11) is -5.19. The molecule has 0 aliphatic carbocycles. The van der Waals surface area contributed by atoms with Crippen molar-refractivity contribution >= 4 is 51.7 Å². The van der Waals surface area contributed by atoms with E-state index in [1.807, 2.05) is 0 Å². The number of aliphatic hydroxyl groups is 6. The van der Waals surface area contributed by atoms with Gasteiger partial charge in [0, 0.05) is 31.8 Å². The first-order valence-electron chi connectivity index (χ1n) is 18.8. The van der Waals surface area contributed by atoms with Crippen LogP contribution in [0.3, 0.4) is 0 Å². The van der Waals surface area contributed by atoms with Gasteiger partial charge in [-0.2, -0.15) is 8.42 Å². The summed E-state index contributed by atoms with van der Waals surface area (Å²) in [5.74, 6) is -10.9. The molecule has 0 bridgehead atoms. The van der Waals surface area contributed by atoms with E-state index in [4.69, 9.17) is 16.0 Å². The van der Waals surface area contributed by atoms with E-state index in [0.29, 0.717) is 0 Å². The highest BCUT2D eigenvalue weighted by molar-refractivity contribution is 7.81. The molecule has 12 unspecified atom stereocenters.